The first-order chi connectivity index (χ1) is 14.4. The fraction of sp³-hybridized carbons (Fsp3) is 0.217. The highest BCUT2D eigenvalue weighted by Gasteiger charge is 2.30. The highest BCUT2D eigenvalue weighted by molar-refractivity contribution is 7.91. The highest BCUT2D eigenvalue weighted by Crippen LogP contribution is 2.29. The number of hydrogen-bond donors (Lipinski definition) is 2. The molecule has 0 radical (unpaired) electrons. The van der Waals surface area contributed by atoms with Crippen LogP contribution >= 0.6 is 0 Å². The SMILES string of the molecule is CC(C)c1ccc(S(=O)(=O)[C@@H](CNC(=O)Nc2ccccc2)c2cccnc2)cc1. The number of anilines is 1. The van der Waals surface area contributed by atoms with Crippen molar-refractivity contribution in [2.24, 2.45) is 0 Å². The molecule has 2 N–H and O–H groups in total. The lowest BCUT2D eigenvalue weighted by atomic mass is 10.0. The van der Waals surface area contributed by atoms with E-state index >= 15 is 0 Å². The van der Waals surface area contributed by atoms with E-state index in [0.29, 0.717) is 17.2 Å². The number of pyridine rings is 1. The number of aromatic nitrogens is 1. The molecule has 30 heavy (non-hydrogen) atoms. The lowest BCUT2D eigenvalue weighted by molar-refractivity contribution is 0.252. The number of amides is 2. The Labute approximate surface area is 177 Å². The molecule has 7 heteroatoms. The molecule has 0 saturated heterocycles. The number of carbonyl (C=O) groups excluding carboxylic acids is 1. The quantitative estimate of drug-likeness (QED) is 0.584. The van der Waals surface area contributed by atoms with Crippen LogP contribution in [0.1, 0.15) is 36.1 Å². The first-order valence-electron chi connectivity index (χ1n) is 9.71. The maximum Gasteiger partial charge on any atom is 0.319 e. The van der Waals surface area contributed by atoms with Crippen LogP contribution in [0.3, 0.4) is 0 Å². The molecule has 1 atom stereocenters. The van der Waals surface area contributed by atoms with Crippen LogP contribution in [0.15, 0.2) is 84.0 Å². The first-order valence-corrected chi connectivity index (χ1v) is 11.3. The second-order valence-corrected chi connectivity index (χ2v) is 9.38. The molecule has 0 fully saturated rings. The molecule has 3 rings (SSSR count). The summed E-state index contributed by atoms with van der Waals surface area (Å²) in [4.78, 5) is 16.6. The summed E-state index contributed by atoms with van der Waals surface area (Å²) in [6.45, 7) is 4.02. The minimum absolute atomic E-state index is 0.0847. The van der Waals surface area contributed by atoms with Crippen LogP contribution in [0.25, 0.3) is 0 Å². The molecule has 156 valence electrons. The van der Waals surface area contributed by atoms with Crippen LogP contribution in [0.4, 0.5) is 10.5 Å². The zero-order valence-corrected chi connectivity index (χ0v) is 17.8. The van der Waals surface area contributed by atoms with Gasteiger partial charge >= 0.3 is 6.03 Å². The molecule has 0 aliphatic carbocycles. The molecule has 1 heterocycles. The first kappa shape index (κ1) is 21.5. The van der Waals surface area contributed by atoms with Crippen molar-refractivity contribution in [2.45, 2.75) is 29.9 Å². The van der Waals surface area contributed by atoms with E-state index in [4.69, 9.17) is 0 Å². The molecule has 0 saturated carbocycles. The lowest BCUT2D eigenvalue weighted by Crippen LogP contribution is -2.35. The lowest BCUT2D eigenvalue weighted by Gasteiger charge is -2.19. The molecule has 3 aromatic rings. The van der Waals surface area contributed by atoms with E-state index in [0.717, 1.165) is 5.56 Å². The van der Waals surface area contributed by atoms with Gasteiger partial charge in [-0.3, -0.25) is 4.98 Å². The van der Waals surface area contributed by atoms with Gasteiger partial charge in [0, 0.05) is 24.6 Å². The molecule has 0 spiro atoms. The fourth-order valence-corrected chi connectivity index (χ4v) is 4.71. The maximum atomic E-state index is 13.4. The van der Waals surface area contributed by atoms with Gasteiger partial charge in [0.1, 0.15) is 5.25 Å². The summed E-state index contributed by atoms with van der Waals surface area (Å²) in [5.74, 6) is 0.305. The van der Waals surface area contributed by atoms with E-state index in [1.165, 1.54) is 6.20 Å². The van der Waals surface area contributed by atoms with Gasteiger partial charge in [-0.15, -0.1) is 0 Å². The van der Waals surface area contributed by atoms with Gasteiger partial charge in [0.15, 0.2) is 9.84 Å². The predicted octanol–water partition coefficient (Wildman–Crippen LogP) is 4.54. The molecular weight excluding hydrogens is 398 g/mol. The molecule has 2 aromatic carbocycles. The third-order valence-electron chi connectivity index (χ3n) is 4.79. The minimum atomic E-state index is -3.75. The molecule has 1 aromatic heterocycles. The third-order valence-corrected chi connectivity index (χ3v) is 6.90. The predicted molar refractivity (Wildman–Crippen MR) is 118 cm³/mol. The van der Waals surface area contributed by atoms with Gasteiger partial charge in [-0.1, -0.05) is 50.2 Å². The molecule has 0 aliphatic heterocycles. The Balaban J connectivity index is 1.82. The number of benzene rings is 2. The van der Waals surface area contributed by atoms with Crippen LogP contribution in [0.2, 0.25) is 0 Å². The van der Waals surface area contributed by atoms with Crippen LogP contribution in [-0.4, -0.2) is 26.0 Å². The summed E-state index contributed by atoms with van der Waals surface area (Å²) in [5, 5.41) is 4.42. The monoisotopic (exact) mass is 423 g/mol. The van der Waals surface area contributed by atoms with Crippen molar-refractivity contribution in [3.05, 3.63) is 90.3 Å². The van der Waals surface area contributed by atoms with Gasteiger partial charge in [0.25, 0.3) is 0 Å². The summed E-state index contributed by atoms with van der Waals surface area (Å²) in [7, 11) is -3.75. The van der Waals surface area contributed by atoms with Crippen LogP contribution in [0, 0.1) is 0 Å². The Morgan fingerprint density at radius 3 is 2.23 bits per heavy atom. The standard InChI is InChI=1S/C23H25N3O3S/c1-17(2)18-10-12-21(13-11-18)30(28,29)22(19-7-6-14-24-15-19)16-25-23(27)26-20-8-4-3-5-9-20/h3-15,17,22H,16H2,1-2H3,(H2,25,26,27)/t22-/m0/s1. The van der Waals surface area contributed by atoms with Gasteiger partial charge < -0.3 is 10.6 Å². The van der Waals surface area contributed by atoms with Gasteiger partial charge in [-0.25, -0.2) is 13.2 Å². The Hall–Kier alpha value is -3.19. The molecule has 0 bridgehead atoms. The Morgan fingerprint density at radius 2 is 1.63 bits per heavy atom. The smallest absolute Gasteiger partial charge is 0.319 e. The van der Waals surface area contributed by atoms with E-state index in [-0.39, 0.29) is 11.4 Å². The molecule has 6 nitrogen and oxygen atoms in total. The van der Waals surface area contributed by atoms with Crippen molar-refractivity contribution in [1.29, 1.82) is 0 Å². The fourth-order valence-electron chi connectivity index (χ4n) is 3.06. The van der Waals surface area contributed by atoms with Crippen molar-refractivity contribution < 1.29 is 13.2 Å². The summed E-state index contributed by atoms with van der Waals surface area (Å²) >= 11 is 0. The number of rotatable bonds is 7. The van der Waals surface area contributed by atoms with E-state index in [1.807, 2.05) is 18.2 Å². The average Bonchev–Trinajstić information content (AvgIpc) is 2.75. The Morgan fingerprint density at radius 1 is 0.933 bits per heavy atom. The van der Waals surface area contributed by atoms with Crippen molar-refractivity contribution in [1.82, 2.24) is 10.3 Å². The Bertz CT molecular complexity index is 1070. The number of carbonyl (C=O) groups is 1. The number of nitrogens with one attached hydrogen (secondary N) is 2. The van der Waals surface area contributed by atoms with Crippen molar-refractivity contribution in [3.8, 4) is 0 Å². The molecular formula is C23H25N3O3S. The summed E-state index contributed by atoms with van der Waals surface area (Å²) < 4.78 is 26.8. The molecule has 0 aliphatic rings. The van der Waals surface area contributed by atoms with Gasteiger partial charge in [0.05, 0.1) is 4.90 Å². The second kappa shape index (κ2) is 9.54. The van der Waals surface area contributed by atoms with Crippen LogP contribution in [-0.2, 0) is 9.84 Å². The number of nitrogens with zero attached hydrogens (tertiary/aromatic N) is 1. The molecule has 0 unspecified atom stereocenters. The van der Waals surface area contributed by atoms with E-state index in [1.54, 1.807) is 54.7 Å². The number of sulfone groups is 1. The number of hydrogen-bond acceptors (Lipinski definition) is 4. The highest BCUT2D eigenvalue weighted by atomic mass is 32.2. The number of urea groups is 1. The minimum Gasteiger partial charge on any atom is -0.336 e. The van der Waals surface area contributed by atoms with Crippen molar-refractivity contribution in [2.75, 3.05) is 11.9 Å². The topological polar surface area (TPSA) is 88.2 Å². The van der Waals surface area contributed by atoms with Gasteiger partial charge in [0.2, 0.25) is 0 Å². The summed E-state index contributed by atoms with van der Waals surface area (Å²) in [5.41, 5.74) is 2.21. The Kier molecular flexibility index (Phi) is 6.84. The van der Waals surface area contributed by atoms with Gasteiger partial charge in [-0.2, -0.15) is 0 Å². The zero-order valence-electron chi connectivity index (χ0n) is 16.9. The summed E-state index contributed by atoms with van der Waals surface area (Å²) in [6.07, 6.45) is 3.10. The van der Waals surface area contributed by atoms with E-state index < -0.39 is 21.1 Å². The second-order valence-electron chi connectivity index (χ2n) is 7.24. The van der Waals surface area contributed by atoms with Crippen LogP contribution in [0.5, 0.6) is 0 Å². The number of para-hydroxylation sites is 1. The zero-order chi connectivity index (χ0) is 21.6. The largest absolute Gasteiger partial charge is 0.336 e. The van der Waals surface area contributed by atoms with Gasteiger partial charge in [-0.05, 0) is 47.4 Å². The normalized spacial score (nSPS) is 12.4. The van der Waals surface area contributed by atoms with E-state index in [2.05, 4.69) is 29.5 Å². The average molecular weight is 424 g/mol. The van der Waals surface area contributed by atoms with Crippen molar-refractivity contribution in [3.63, 3.8) is 0 Å². The summed E-state index contributed by atoms with van der Waals surface area (Å²) in [6, 6.07) is 18.8. The molecule has 2 amide bonds. The third kappa shape index (κ3) is 5.24. The van der Waals surface area contributed by atoms with Crippen molar-refractivity contribution >= 4 is 21.6 Å². The van der Waals surface area contributed by atoms with E-state index in [9.17, 15) is 13.2 Å². The maximum absolute atomic E-state index is 13.4. The van der Waals surface area contributed by atoms with Crippen LogP contribution < -0.4 is 10.6 Å².